The zero-order valence-electron chi connectivity index (χ0n) is 17.2. The van der Waals surface area contributed by atoms with Crippen LogP contribution in [-0.2, 0) is 13.0 Å². The Kier molecular flexibility index (Phi) is 6.74. The van der Waals surface area contributed by atoms with Crippen LogP contribution < -0.4 is 10.6 Å². The molecule has 2 N–H and O–H groups in total. The first kappa shape index (κ1) is 20.8. The summed E-state index contributed by atoms with van der Waals surface area (Å²) in [6.07, 6.45) is 2.40. The van der Waals surface area contributed by atoms with E-state index in [1.807, 2.05) is 61.7 Å². The van der Waals surface area contributed by atoms with E-state index in [-0.39, 0.29) is 0 Å². The minimum atomic E-state index is 0.530. The maximum Gasteiger partial charge on any atom is 0.228 e. The van der Waals surface area contributed by atoms with Crippen molar-refractivity contribution in [1.29, 1.82) is 0 Å². The first-order valence-electron chi connectivity index (χ1n) is 10.2. The molecule has 0 spiro atoms. The number of halogens is 1. The van der Waals surface area contributed by atoms with E-state index >= 15 is 0 Å². The van der Waals surface area contributed by atoms with Gasteiger partial charge in [0.05, 0.1) is 12.1 Å². The first-order valence-corrected chi connectivity index (χ1v) is 10.5. The fraction of sp³-hybridized carbons (Fsp3) is 0.217. The van der Waals surface area contributed by atoms with E-state index in [9.17, 15) is 0 Å². The third kappa shape index (κ3) is 5.38. The molecule has 0 saturated heterocycles. The number of fused-ring (bicyclic) bond motifs is 1. The summed E-state index contributed by atoms with van der Waals surface area (Å²) in [5.74, 6) is 1.82. The molecule has 0 atom stereocenters. The summed E-state index contributed by atoms with van der Waals surface area (Å²) in [7, 11) is 0. The van der Waals surface area contributed by atoms with Crippen molar-refractivity contribution in [2.75, 3.05) is 13.1 Å². The fourth-order valence-electron chi connectivity index (χ4n) is 3.19. The minimum Gasteiger partial charge on any atom is -0.357 e. The summed E-state index contributed by atoms with van der Waals surface area (Å²) in [5.41, 5.74) is 2.93. The molecule has 0 bridgehead atoms. The number of guanidine groups is 1. The predicted molar refractivity (Wildman–Crippen MR) is 123 cm³/mol. The van der Waals surface area contributed by atoms with Crippen LogP contribution in [0.4, 0.5) is 0 Å². The van der Waals surface area contributed by atoms with Gasteiger partial charge in [0.1, 0.15) is 0 Å². The lowest BCUT2D eigenvalue weighted by atomic mass is 10.1. The molecule has 4 aromatic rings. The molecule has 8 heteroatoms. The highest BCUT2D eigenvalue weighted by atomic mass is 35.5. The van der Waals surface area contributed by atoms with E-state index < -0.39 is 0 Å². The number of hydrogen-bond donors (Lipinski definition) is 2. The number of nitrogens with one attached hydrogen (secondary N) is 2. The van der Waals surface area contributed by atoms with E-state index in [1.54, 1.807) is 0 Å². The Morgan fingerprint density at radius 3 is 2.87 bits per heavy atom. The zero-order valence-corrected chi connectivity index (χ0v) is 17.9. The largest absolute Gasteiger partial charge is 0.357 e. The fourth-order valence-corrected chi connectivity index (χ4v) is 3.38. The smallest absolute Gasteiger partial charge is 0.228 e. The second-order valence-electron chi connectivity index (χ2n) is 6.88. The Hall–Kier alpha value is -3.45. The highest BCUT2D eigenvalue weighted by Crippen LogP contribution is 2.20. The average molecular weight is 435 g/mol. The van der Waals surface area contributed by atoms with Crippen LogP contribution in [0.1, 0.15) is 18.4 Å². The number of para-hydroxylation sites is 1. The van der Waals surface area contributed by atoms with Crippen LogP contribution in [0.2, 0.25) is 5.02 Å². The lowest BCUT2D eigenvalue weighted by Crippen LogP contribution is -2.38. The van der Waals surface area contributed by atoms with Gasteiger partial charge in [0.15, 0.2) is 5.96 Å². The molecule has 0 aliphatic carbocycles. The normalized spacial score (nSPS) is 11.6. The van der Waals surface area contributed by atoms with Crippen LogP contribution in [0.25, 0.3) is 22.3 Å². The third-order valence-corrected chi connectivity index (χ3v) is 4.91. The second-order valence-corrected chi connectivity index (χ2v) is 7.32. The summed E-state index contributed by atoms with van der Waals surface area (Å²) in [5, 5.41) is 12.4. The Morgan fingerprint density at radius 2 is 2.00 bits per heavy atom. The van der Waals surface area contributed by atoms with Crippen molar-refractivity contribution in [2.24, 2.45) is 4.99 Å². The molecule has 2 aromatic carbocycles. The summed E-state index contributed by atoms with van der Waals surface area (Å²) in [6.45, 7) is 3.97. The molecule has 0 aliphatic rings. The molecule has 7 nitrogen and oxygen atoms in total. The molecule has 0 aliphatic heterocycles. The summed E-state index contributed by atoms with van der Waals surface area (Å²) in [4.78, 5) is 13.6. The number of hydrogen-bond acceptors (Lipinski definition) is 5. The topological polar surface area (TPSA) is 88.2 Å². The Labute approximate surface area is 185 Å². The molecule has 0 amide bonds. The van der Waals surface area contributed by atoms with Gasteiger partial charge < -0.3 is 15.2 Å². The predicted octanol–water partition coefficient (Wildman–Crippen LogP) is 4.24. The molecule has 2 heterocycles. The van der Waals surface area contributed by atoms with E-state index in [2.05, 4.69) is 31.8 Å². The van der Waals surface area contributed by atoms with Gasteiger partial charge in [0.25, 0.3) is 0 Å². The molecule has 31 heavy (non-hydrogen) atoms. The van der Waals surface area contributed by atoms with E-state index in [0.717, 1.165) is 34.5 Å². The number of pyridine rings is 1. The van der Waals surface area contributed by atoms with Crippen molar-refractivity contribution >= 4 is 28.5 Å². The van der Waals surface area contributed by atoms with Crippen molar-refractivity contribution < 1.29 is 4.52 Å². The molecule has 4 rings (SSSR count). The Bertz CT molecular complexity index is 1180. The van der Waals surface area contributed by atoms with Gasteiger partial charge in [-0.15, -0.1) is 0 Å². The zero-order chi connectivity index (χ0) is 21.5. The first-order chi connectivity index (χ1) is 15.2. The van der Waals surface area contributed by atoms with Crippen LogP contribution >= 0.6 is 11.6 Å². The van der Waals surface area contributed by atoms with E-state index in [4.69, 9.17) is 21.1 Å². The number of nitrogens with zero attached hydrogens (tertiary/aromatic N) is 4. The quantitative estimate of drug-likeness (QED) is 0.334. The van der Waals surface area contributed by atoms with Crippen molar-refractivity contribution in [3.8, 4) is 11.4 Å². The highest BCUT2D eigenvalue weighted by molar-refractivity contribution is 6.30. The summed E-state index contributed by atoms with van der Waals surface area (Å²) < 4.78 is 5.37. The molecule has 2 aromatic heterocycles. The van der Waals surface area contributed by atoms with Gasteiger partial charge in [0, 0.05) is 41.7 Å². The number of benzene rings is 2. The molecule has 0 fully saturated rings. The van der Waals surface area contributed by atoms with Gasteiger partial charge in [-0.2, -0.15) is 4.98 Å². The monoisotopic (exact) mass is 434 g/mol. The van der Waals surface area contributed by atoms with Crippen LogP contribution in [0.5, 0.6) is 0 Å². The number of rotatable bonds is 7. The number of aromatic nitrogens is 3. The van der Waals surface area contributed by atoms with Gasteiger partial charge >= 0.3 is 0 Å². The maximum absolute atomic E-state index is 6.04. The lowest BCUT2D eigenvalue weighted by Gasteiger charge is -2.11. The minimum absolute atomic E-state index is 0.530. The highest BCUT2D eigenvalue weighted by Gasteiger charge is 2.09. The second kappa shape index (κ2) is 10.0. The van der Waals surface area contributed by atoms with Crippen molar-refractivity contribution in [2.45, 2.75) is 19.9 Å². The third-order valence-electron chi connectivity index (χ3n) is 4.67. The standard InChI is InChI=1S/C23H23ClN6O/c1-2-25-23(28-15-17-10-12-26-20-9-4-3-8-19(17)20)27-13-11-21-29-22(30-31-21)16-6-5-7-18(24)14-16/h3-10,12,14H,2,11,13,15H2,1H3,(H2,25,27,28). The van der Waals surface area contributed by atoms with Crippen LogP contribution in [0.3, 0.4) is 0 Å². The van der Waals surface area contributed by atoms with Gasteiger partial charge in [-0.1, -0.05) is 47.1 Å². The molecule has 0 saturated carbocycles. The SMILES string of the molecule is CCNC(=NCc1ccnc2ccccc12)NCCc1nc(-c2cccc(Cl)c2)no1. The Balaban J connectivity index is 1.38. The number of aliphatic imine (C=N–C) groups is 1. The van der Waals surface area contributed by atoms with Crippen molar-refractivity contribution in [3.63, 3.8) is 0 Å². The molecule has 0 radical (unpaired) electrons. The van der Waals surface area contributed by atoms with Gasteiger partial charge in [-0.05, 0) is 36.8 Å². The van der Waals surface area contributed by atoms with Crippen LogP contribution in [-0.4, -0.2) is 34.2 Å². The van der Waals surface area contributed by atoms with Gasteiger partial charge in [0.2, 0.25) is 11.7 Å². The Morgan fingerprint density at radius 1 is 1.10 bits per heavy atom. The average Bonchev–Trinajstić information content (AvgIpc) is 3.26. The lowest BCUT2D eigenvalue weighted by molar-refractivity contribution is 0.378. The van der Waals surface area contributed by atoms with Crippen LogP contribution in [0.15, 0.2) is 70.3 Å². The van der Waals surface area contributed by atoms with Crippen molar-refractivity contribution in [3.05, 3.63) is 77.3 Å². The summed E-state index contributed by atoms with van der Waals surface area (Å²) in [6, 6.07) is 17.5. The molecule has 158 valence electrons. The maximum atomic E-state index is 6.04. The molecular weight excluding hydrogens is 412 g/mol. The van der Waals surface area contributed by atoms with Crippen LogP contribution in [0, 0.1) is 0 Å². The van der Waals surface area contributed by atoms with E-state index in [1.165, 1.54) is 0 Å². The molecule has 0 unspecified atom stereocenters. The van der Waals surface area contributed by atoms with E-state index in [0.29, 0.717) is 36.2 Å². The van der Waals surface area contributed by atoms with Gasteiger partial charge in [-0.25, -0.2) is 4.99 Å². The van der Waals surface area contributed by atoms with Crippen molar-refractivity contribution in [1.82, 2.24) is 25.8 Å². The van der Waals surface area contributed by atoms with Gasteiger partial charge in [-0.3, -0.25) is 4.98 Å². The molecular formula is C23H23ClN6O. The summed E-state index contributed by atoms with van der Waals surface area (Å²) >= 11 is 6.04.